The van der Waals surface area contributed by atoms with E-state index < -0.39 is 10.0 Å². The van der Waals surface area contributed by atoms with Gasteiger partial charge >= 0.3 is 0 Å². The van der Waals surface area contributed by atoms with E-state index >= 15 is 0 Å². The molecule has 21 heavy (non-hydrogen) atoms. The lowest BCUT2D eigenvalue weighted by molar-refractivity contribution is 0.390. The molecule has 8 heteroatoms. The summed E-state index contributed by atoms with van der Waals surface area (Å²) in [5.41, 5.74) is 7.34. The van der Waals surface area contributed by atoms with E-state index in [1.54, 1.807) is 38.1 Å². The molecule has 0 saturated carbocycles. The Morgan fingerprint density at radius 1 is 1.43 bits per heavy atom. The van der Waals surface area contributed by atoms with Crippen LogP contribution in [0.1, 0.15) is 22.6 Å². The largest absolute Gasteiger partial charge is 0.389 e. The highest BCUT2D eigenvalue weighted by Gasteiger charge is 2.23. The molecule has 2 aromatic rings. The standard InChI is InChI=1S/C13H15N3O3S2/c1-8-12(9(2)19-16-8)21(17,18)15-7-10-4-3-5-11(6-10)13(14)20/h3-6,15H,7H2,1-2H3,(H2,14,20). The first-order valence-corrected chi connectivity index (χ1v) is 8.01. The molecule has 1 heterocycles. The SMILES string of the molecule is Cc1noc(C)c1S(=O)(=O)NCc1cccc(C(N)=S)c1. The summed E-state index contributed by atoms with van der Waals surface area (Å²) in [4.78, 5) is 0.346. The molecule has 0 aliphatic heterocycles. The molecular formula is C13H15N3O3S2. The van der Waals surface area contributed by atoms with Gasteiger partial charge in [0.05, 0.1) is 0 Å². The van der Waals surface area contributed by atoms with Crippen molar-refractivity contribution >= 4 is 27.2 Å². The second kappa shape index (κ2) is 5.92. The van der Waals surface area contributed by atoms with Crippen LogP contribution < -0.4 is 10.5 Å². The summed E-state index contributed by atoms with van der Waals surface area (Å²) in [5, 5.41) is 3.65. The number of hydrogen-bond acceptors (Lipinski definition) is 5. The topological polar surface area (TPSA) is 98.2 Å². The second-order valence-electron chi connectivity index (χ2n) is 4.54. The van der Waals surface area contributed by atoms with Gasteiger partial charge in [0.1, 0.15) is 15.6 Å². The quantitative estimate of drug-likeness (QED) is 0.807. The first-order chi connectivity index (χ1) is 9.81. The maximum Gasteiger partial charge on any atom is 0.246 e. The Morgan fingerprint density at radius 2 is 2.14 bits per heavy atom. The summed E-state index contributed by atoms with van der Waals surface area (Å²) < 4.78 is 31.9. The molecule has 0 radical (unpaired) electrons. The van der Waals surface area contributed by atoms with Gasteiger partial charge in [0.25, 0.3) is 0 Å². The molecule has 3 N–H and O–H groups in total. The van der Waals surface area contributed by atoms with Crippen LogP contribution in [0, 0.1) is 13.8 Å². The van der Waals surface area contributed by atoms with Gasteiger partial charge in [-0.3, -0.25) is 0 Å². The predicted molar refractivity (Wildman–Crippen MR) is 82.3 cm³/mol. The molecule has 0 aliphatic carbocycles. The molecule has 112 valence electrons. The number of hydrogen-bond donors (Lipinski definition) is 2. The lowest BCUT2D eigenvalue weighted by Crippen LogP contribution is -2.24. The summed E-state index contributed by atoms with van der Waals surface area (Å²) in [6.07, 6.45) is 0. The zero-order chi connectivity index (χ0) is 15.6. The van der Waals surface area contributed by atoms with Crippen LogP contribution in [0.3, 0.4) is 0 Å². The van der Waals surface area contributed by atoms with Gasteiger partial charge in [0.15, 0.2) is 5.76 Å². The minimum atomic E-state index is -3.68. The maximum absolute atomic E-state index is 12.3. The van der Waals surface area contributed by atoms with Crippen LogP contribution in [-0.2, 0) is 16.6 Å². The highest BCUT2D eigenvalue weighted by Crippen LogP contribution is 2.19. The minimum Gasteiger partial charge on any atom is -0.389 e. The van der Waals surface area contributed by atoms with Crippen molar-refractivity contribution in [3.8, 4) is 0 Å². The maximum atomic E-state index is 12.3. The zero-order valence-electron chi connectivity index (χ0n) is 11.6. The van der Waals surface area contributed by atoms with Crippen LogP contribution in [0.25, 0.3) is 0 Å². The fraction of sp³-hybridized carbons (Fsp3) is 0.231. The van der Waals surface area contributed by atoms with Gasteiger partial charge in [0, 0.05) is 12.1 Å². The first kappa shape index (κ1) is 15.6. The predicted octanol–water partition coefficient (Wildman–Crippen LogP) is 1.40. The van der Waals surface area contributed by atoms with Crippen molar-refractivity contribution in [3.05, 3.63) is 46.8 Å². The molecule has 2 rings (SSSR count). The Balaban J connectivity index is 2.20. The number of sulfonamides is 1. The Hall–Kier alpha value is -1.77. The van der Waals surface area contributed by atoms with E-state index in [0.717, 1.165) is 5.56 Å². The molecule has 6 nitrogen and oxygen atoms in total. The molecule has 0 amide bonds. The van der Waals surface area contributed by atoms with E-state index in [1.807, 2.05) is 0 Å². The third-order valence-electron chi connectivity index (χ3n) is 2.91. The van der Waals surface area contributed by atoms with Crippen molar-refractivity contribution < 1.29 is 12.9 Å². The van der Waals surface area contributed by atoms with Crippen molar-refractivity contribution in [3.63, 3.8) is 0 Å². The molecule has 0 unspecified atom stereocenters. The van der Waals surface area contributed by atoms with Crippen molar-refractivity contribution in [1.29, 1.82) is 0 Å². The molecule has 0 aliphatic rings. The van der Waals surface area contributed by atoms with E-state index in [1.165, 1.54) is 0 Å². The first-order valence-electron chi connectivity index (χ1n) is 6.12. The number of aromatic nitrogens is 1. The fourth-order valence-electron chi connectivity index (χ4n) is 1.94. The highest BCUT2D eigenvalue weighted by atomic mass is 32.2. The van der Waals surface area contributed by atoms with Crippen molar-refractivity contribution in [1.82, 2.24) is 9.88 Å². The summed E-state index contributed by atoms with van der Waals surface area (Å²) in [6, 6.07) is 7.08. The lowest BCUT2D eigenvalue weighted by Gasteiger charge is -2.07. The van der Waals surface area contributed by atoms with Gasteiger partial charge in [-0.05, 0) is 25.5 Å². The molecular weight excluding hydrogens is 310 g/mol. The molecule has 0 fully saturated rings. The third kappa shape index (κ3) is 3.46. The molecule has 1 aromatic carbocycles. The number of aryl methyl sites for hydroxylation is 2. The minimum absolute atomic E-state index is 0.0769. The third-order valence-corrected chi connectivity index (χ3v) is 4.79. The Labute approximate surface area is 128 Å². The second-order valence-corrected chi connectivity index (χ2v) is 6.69. The van der Waals surface area contributed by atoms with Crippen LogP contribution in [0.5, 0.6) is 0 Å². The van der Waals surface area contributed by atoms with Crippen molar-refractivity contribution in [2.45, 2.75) is 25.3 Å². The van der Waals surface area contributed by atoms with E-state index in [-0.39, 0.29) is 22.2 Å². The van der Waals surface area contributed by atoms with Gasteiger partial charge < -0.3 is 10.3 Å². The number of rotatable bonds is 5. The summed E-state index contributed by atoms with van der Waals surface area (Å²) in [6.45, 7) is 3.27. The van der Waals surface area contributed by atoms with E-state index in [9.17, 15) is 8.42 Å². The Bertz CT molecular complexity index is 762. The Kier molecular flexibility index (Phi) is 4.40. The average Bonchev–Trinajstić information content (AvgIpc) is 2.77. The van der Waals surface area contributed by atoms with Gasteiger partial charge in [-0.15, -0.1) is 0 Å². The smallest absolute Gasteiger partial charge is 0.246 e. The molecule has 0 bridgehead atoms. The van der Waals surface area contributed by atoms with Crippen LogP contribution >= 0.6 is 12.2 Å². The highest BCUT2D eigenvalue weighted by molar-refractivity contribution is 7.89. The van der Waals surface area contributed by atoms with Crippen LogP contribution in [0.4, 0.5) is 0 Å². The summed E-state index contributed by atoms with van der Waals surface area (Å²) in [7, 11) is -3.68. The van der Waals surface area contributed by atoms with E-state index in [4.69, 9.17) is 22.5 Å². The average molecular weight is 325 g/mol. The number of nitrogens with zero attached hydrogens (tertiary/aromatic N) is 1. The summed E-state index contributed by atoms with van der Waals surface area (Å²) >= 11 is 4.90. The number of benzene rings is 1. The monoisotopic (exact) mass is 325 g/mol. The lowest BCUT2D eigenvalue weighted by atomic mass is 10.1. The van der Waals surface area contributed by atoms with Gasteiger partial charge in [-0.25, -0.2) is 13.1 Å². The molecule has 0 spiro atoms. The van der Waals surface area contributed by atoms with Crippen molar-refractivity contribution in [2.24, 2.45) is 5.73 Å². The Morgan fingerprint density at radius 3 is 2.71 bits per heavy atom. The van der Waals surface area contributed by atoms with Crippen LogP contribution in [-0.4, -0.2) is 18.6 Å². The normalized spacial score (nSPS) is 11.5. The fourth-order valence-corrected chi connectivity index (χ4v) is 3.41. The van der Waals surface area contributed by atoms with E-state index in [2.05, 4.69) is 9.88 Å². The zero-order valence-corrected chi connectivity index (χ0v) is 13.2. The summed E-state index contributed by atoms with van der Waals surface area (Å²) in [5.74, 6) is 0.261. The number of nitrogens with one attached hydrogen (secondary N) is 1. The number of thiocarbonyl (C=S) groups is 1. The van der Waals surface area contributed by atoms with Crippen LogP contribution in [0.15, 0.2) is 33.7 Å². The van der Waals surface area contributed by atoms with Gasteiger partial charge in [-0.1, -0.05) is 35.6 Å². The van der Waals surface area contributed by atoms with E-state index in [0.29, 0.717) is 11.3 Å². The number of nitrogens with two attached hydrogens (primary N) is 1. The molecule has 0 atom stereocenters. The van der Waals surface area contributed by atoms with Crippen molar-refractivity contribution in [2.75, 3.05) is 0 Å². The van der Waals surface area contributed by atoms with Crippen LogP contribution in [0.2, 0.25) is 0 Å². The molecule has 1 aromatic heterocycles. The van der Waals surface area contributed by atoms with Gasteiger partial charge in [0.2, 0.25) is 10.0 Å². The molecule has 0 saturated heterocycles. The van der Waals surface area contributed by atoms with Gasteiger partial charge in [-0.2, -0.15) is 0 Å².